The number of rotatable bonds is 6. The van der Waals surface area contributed by atoms with Gasteiger partial charge in [-0.2, -0.15) is 8.78 Å². The molecule has 0 aliphatic rings. The zero-order chi connectivity index (χ0) is 15.2. The van der Waals surface area contributed by atoms with Gasteiger partial charge in [-0.3, -0.25) is 0 Å². The SMILES string of the molecule is CC(Cc1cccc(F)c1)Nc1ccc(OC(F)F)cc1. The average molecular weight is 295 g/mol. The highest BCUT2D eigenvalue weighted by Crippen LogP contribution is 2.19. The molecule has 112 valence electrons. The molecule has 1 atom stereocenters. The Hall–Kier alpha value is -2.17. The number of alkyl halides is 2. The molecule has 0 fully saturated rings. The Morgan fingerprint density at radius 2 is 1.81 bits per heavy atom. The molecule has 0 amide bonds. The first kappa shape index (κ1) is 15.2. The lowest BCUT2D eigenvalue weighted by Crippen LogP contribution is -2.18. The molecule has 5 heteroatoms. The molecular formula is C16H16F3NO. The van der Waals surface area contributed by atoms with Crippen molar-refractivity contribution in [2.24, 2.45) is 0 Å². The van der Waals surface area contributed by atoms with Gasteiger partial charge in [0.1, 0.15) is 11.6 Å². The van der Waals surface area contributed by atoms with Crippen molar-refractivity contribution in [2.75, 3.05) is 5.32 Å². The van der Waals surface area contributed by atoms with E-state index in [9.17, 15) is 13.2 Å². The predicted octanol–water partition coefficient (Wildman–Crippen LogP) is 4.47. The molecule has 0 saturated heterocycles. The summed E-state index contributed by atoms with van der Waals surface area (Å²) in [5, 5.41) is 3.22. The average Bonchev–Trinajstić information content (AvgIpc) is 2.40. The Morgan fingerprint density at radius 1 is 1.10 bits per heavy atom. The van der Waals surface area contributed by atoms with Crippen LogP contribution in [0.5, 0.6) is 5.75 Å². The number of ether oxygens (including phenoxy) is 1. The van der Waals surface area contributed by atoms with Crippen molar-refractivity contribution in [2.45, 2.75) is 26.0 Å². The summed E-state index contributed by atoms with van der Waals surface area (Å²) in [4.78, 5) is 0. The van der Waals surface area contributed by atoms with Crippen LogP contribution in [0.25, 0.3) is 0 Å². The van der Waals surface area contributed by atoms with Crippen LogP contribution in [-0.4, -0.2) is 12.7 Å². The van der Waals surface area contributed by atoms with Crippen LogP contribution in [0.2, 0.25) is 0 Å². The summed E-state index contributed by atoms with van der Waals surface area (Å²) in [6.07, 6.45) is 0.660. The minimum atomic E-state index is -2.82. The van der Waals surface area contributed by atoms with E-state index in [1.54, 1.807) is 18.2 Å². The van der Waals surface area contributed by atoms with Crippen molar-refractivity contribution >= 4 is 5.69 Å². The van der Waals surface area contributed by atoms with E-state index in [4.69, 9.17) is 0 Å². The Morgan fingerprint density at radius 3 is 2.43 bits per heavy atom. The summed E-state index contributed by atoms with van der Waals surface area (Å²) in [6, 6.07) is 12.8. The smallest absolute Gasteiger partial charge is 0.387 e. The first-order chi connectivity index (χ1) is 10.0. The molecule has 0 radical (unpaired) electrons. The van der Waals surface area contributed by atoms with Gasteiger partial charge in [0.05, 0.1) is 0 Å². The quantitative estimate of drug-likeness (QED) is 0.849. The van der Waals surface area contributed by atoms with Gasteiger partial charge >= 0.3 is 6.61 Å². The molecule has 1 unspecified atom stereocenters. The maximum atomic E-state index is 13.1. The number of hydrogen-bond acceptors (Lipinski definition) is 2. The van der Waals surface area contributed by atoms with Gasteiger partial charge in [0.2, 0.25) is 0 Å². The number of hydrogen-bond donors (Lipinski definition) is 1. The molecule has 2 rings (SSSR count). The Bertz CT molecular complexity index is 572. The molecule has 0 bridgehead atoms. The first-order valence-corrected chi connectivity index (χ1v) is 6.59. The fourth-order valence-corrected chi connectivity index (χ4v) is 2.09. The zero-order valence-corrected chi connectivity index (χ0v) is 11.5. The lowest BCUT2D eigenvalue weighted by molar-refractivity contribution is -0.0498. The van der Waals surface area contributed by atoms with Crippen LogP contribution in [0, 0.1) is 5.82 Å². The number of anilines is 1. The third-order valence-corrected chi connectivity index (χ3v) is 2.92. The van der Waals surface area contributed by atoms with Crippen LogP contribution in [0.15, 0.2) is 48.5 Å². The Kier molecular flexibility index (Phi) is 5.09. The van der Waals surface area contributed by atoms with Crippen molar-refractivity contribution in [1.29, 1.82) is 0 Å². The van der Waals surface area contributed by atoms with E-state index in [0.717, 1.165) is 11.3 Å². The van der Waals surface area contributed by atoms with Crippen molar-refractivity contribution in [3.8, 4) is 5.75 Å². The van der Waals surface area contributed by atoms with Crippen LogP contribution >= 0.6 is 0 Å². The Labute approximate surface area is 121 Å². The third kappa shape index (κ3) is 5.02. The predicted molar refractivity (Wildman–Crippen MR) is 76.3 cm³/mol. The molecule has 0 heterocycles. The minimum absolute atomic E-state index is 0.0775. The summed E-state index contributed by atoms with van der Waals surface area (Å²) < 4.78 is 41.5. The third-order valence-electron chi connectivity index (χ3n) is 2.92. The summed E-state index contributed by atoms with van der Waals surface area (Å²) in [5.41, 5.74) is 1.69. The molecule has 0 saturated carbocycles. The van der Waals surface area contributed by atoms with E-state index in [0.29, 0.717) is 6.42 Å². The van der Waals surface area contributed by atoms with Gasteiger partial charge in [-0.1, -0.05) is 12.1 Å². The maximum Gasteiger partial charge on any atom is 0.387 e. The van der Waals surface area contributed by atoms with Gasteiger partial charge in [0, 0.05) is 11.7 Å². The lowest BCUT2D eigenvalue weighted by Gasteiger charge is -2.16. The standard InChI is InChI=1S/C16H16F3NO/c1-11(9-12-3-2-4-13(17)10-12)20-14-5-7-15(8-6-14)21-16(18)19/h2-8,10-11,16,20H,9H2,1H3. The highest BCUT2D eigenvalue weighted by Gasteiger charge is 2.06. The molecular weight excluding hydrogens is 279 g/mol. The zero-order valence-electron chi connectivity index (χ0n) is 11.5. The normalized spacial score (nSPS) is 12.2. The fourth-order valence-electron chi connectivity index (χ4n) is 2.09. The molecule has 0 aliphatic carbocycles. The van der Waals surface area contributed by atoms with Gasteiger partial charge in [-0.15, -0.1) is 0 Å². The molecule has 2 nitrogen and oxygen atoms in total. The van der Waals surface area contributed by atoms with Gasteiger partial charge in [-0.25, -0.2) is 4.39 Å². The van der Waals surface area contributed by atoms with Crippen LogP contribution < -0.4 is 10.1 Å². The lowest BCUT2D eigenvalue weighted by atomic mass is 10.1. The maximum absolute atomic E-state index is 13.1. The first-order valence-electron chi connectivity index (χ1n) is 6.59. The Balaban J connectivity index is 1.91. The largest absolute Gasteiger partial charge is 0.435 e. The molecule has 2 aromatic rings. The van der Waals surface area contributed by atoms with Crippen LogP contribution in [-0.2, 0) is 6.42 Å². The van der Waals surface area contributed by atoms with E-state index >= 15 is 0 Å². The summed E-state index contributed by atoms with van der Waals surface area (Å²) >= 11 is 0. The fraction of sp³-hybridized carbons (Fsp3) is 0.250. The molecule has 21 heavy (non-hydrogen) atoms. The second kappa shape index (κ2) is 7.02. The van der Waals surface area contributed by atoms with E-state index in [1.165, 1.54) is 24.3 Å². The van der Waals surface area contributed by atoms with Crippen molar-refractivity contribution in [3.63, 3.8) is 0 Å². The van der Waals surface area contributed by atoms with E-state index in [1.807, 2.05) is 13.0 Å². The molecule has 1 N–H and O–H groups in total. The van der Waals surface area contributed by atoms with Crippen molar-refractivity contribution < 1.29 is 17.9 Å². The molecule has 0 spiro atoms. The van der Waals surface area contributed by atoms with E-state index in [-0.39, 0.29) is 17.6 Å². The minimum Gasteiger partial charge on any atom is -0.435 e. The molecule has 0 aliphatic heterocycles. The van der Waals surface area contributed by atoms with Crippen LogP contribution in [0.4, 0.5) is 18.9 Å². The van der Waals surface area contributed by atoms with Crippen molar-refractivity contribution in [1.82, 2.24) is 0 Å². The number of halogens is 3. The van der Waals surface area contributed by atoms with Crippen LogP contribution in [0.1, 0.15) is 12.5 Å². The number of nitrogens with one attached hydrogen (secondary N) is 1. The summed E-state index contributed by atoms with van der Waals surface area (Å²) in [5.74, 6) is -0.137. The molecule has 0 aromatic heterocycles. The van der Waals surface area contributed by atoms with Gasteiger partial charge < -0.3 is 10.1 Å². The highest BCUT2D eigenvalue weighted by atomic mass is 19.3. The monoisotopic (exact) mass is 295 g/mol. The highest BCUT2D eigenvalue weighted by molar-refractivity contribution is 5.47. The summed E-state index contributed by atoms with van der Waals surface area (Å²) in [7, 11) is 0. The number of benzene rings is 2. The second-order valence-electron chi connectivity index (χ2n) is 4.78. The van der Waals surface area contributed by atoms with Crippen LogP contribution in [0.3, 0.4) is 0 Å². The summed E-state index contributed by atoms with van der Waals surface area (Å²) in [6.45, 7) is -0.857. The van der Waals surface area contributed by atoms with E-state index < -0.39 is 6.61 Å². The van der Waals surface area contributed by atoms with Gasteiger partial charge in [-0.05, 0) is 55.3 Å². The van der Waals surface area contributed by atoms with Gasteiger partial charge in [0.15, 0.2) is 0 Å². The second-order valence-corrected chi connectivity index (χ2v) is 4.78. The van der Waals surface area contributed by atoms with E-state index in [2.05, 4.69) is 10.1 Å². The topological polar surface area (TPSA) is 21.3 Å². The van der Waals surface area contributed by atoms with Crippen molar-refractivity contribution in [3.05, 3.63) is 59.9 Å². The van der Waals surface area contributed by atoms with Gasteiger partial charge in [0.25, 0.3) is 0 Å². The molecule has 2 aromatic carbocycles.